The number of esters is 1. The standard InChI is InChI=1S/C16H22FNO7S/c1-9(19)18-13(20)15-3-10-2-11(4-15)6-16(5-10,8-15)14(21)25-7-12(17)26(22,23)24/h10-12H,2-8H2,1H3,(H,18,19,20)(H,22,23,24). The van der Waals surface area contributed by atoms with E-state index in [9.17, 15) is 27.2 Å². The minimum Gasteiger partial charge on any atom is -0.461 e. The first kappa shape index (κ1) is 19.2. The van der Waals surface area contributed by atoms with E-state index < -0.39 is 50.8 Å². The lowest BCUT2D eigenvalue weighted by molar-refractivity contribution is -0.184. The second kappa shape index (κ2) is 6.26. The molecule has 0 heterocycles. The summed E-state index contributed by atoms with van der Waals surface area (Å²) in [5.41, 5.74) is -4.50. The lowest BCUT2D eigenvalue weighted by Crippen LogP contribution is -2.60. The lowest BCUT2D eigenvalue weighted by Gasteiger charge is -2.59. The largest absolute Gasteiger partial charge is 0.461 e. The third-order valence-electron chi connectivity index (χ3n) is 5.93. The minimum atomic E-state index is -4.94. The summed E-state index contributed by atoms with van der Waals surface area (Å²) in [6, 6.07) is 0. The molecule has 3 atom stereocenters. The van der Waals surface area contributed by atoms with Crippen molar-refractivity contribution < 1.29 is 36.5 Å². The van der Waals surface area contributed by atoms with Gasteiger partial charge in [-0.25, -0.2) is 4.39 Å². The zero-order valence-electron chi connectivity index (χ0n) is 14.4. The molecule has 0 saturated heterocycles. The maximum absolute atomic E-state index is 13.4. The Balaban J connectivity index is 1.78. The number of imide groups is 1. The highest BCUT2D eigenvalue weighted by molar-refractivity contribution is 7.86. The summed E-state index contributed by atoms with van der Waals surface area (Å²) in [6.45, 7) is 0.167. The van der Waals surface area contributed by atoms with Crippen LogP contribution in [0.4, 0.5) is 4.39 Å². The van der Waals surface area contributed by atoms with E-state index in [1.165, 1.54) is 6.92 Å². The number of hydrogen-bond acceptors (Lipinski definition) is 6. The second-order valence-corrected chi connectivity index (χ2v) is 9.60. The smallest absolute Gasteiger partial charge is 0.312 e. The van der Waals surface area contributed by atoms with Gasteiger partial charge < -0.3 is 4.74 Å². The van der Waals surface area contributed by atoms with E-state index in [4.69, 9.17) is 9.29 Å². The van der Waals surface area contributed by atoms with Gasteiger partial charge in [-0.15, -0.1) is 0 Å². The normalized spacial score (nSPS) is 36.4. The fourth-order valence-electron chi connectivity index (χ4n) is 5.44. The fraction of sp³-hybridized carbons (Fsp3) is 0.812. The fourth-order valence-corrected chi connectivity index (χ4v) is 5.68. The summed E-state index contributed by atoms with van der Waals surface area (Å²) in [5.74, 6) is -1.33. The number of carbonyl (C=O) groups excluding carboxylic acids is 3. The van der Waals surface area contributed by atoms with Crippen molar-refractivity contribution in [2.24, 2.45) is 22.7 Å². The van der Waals surface area contributed by atoms with Crippen molar-refractivity contribution in [3.05, 3.63) is 0 Å². The molecular formula is C16H22FNO7S. The molecule has 8 nitrogen and oxygen atoms in total. The molecule has 3 unspecified atom stereocenters. The van der Waals surface area contributed by atoms with Gasteiger partial charge in [0.2, 0.25) is 11.8 Å². The third kappa shape index (κ3) is 3.36. The molecule has 26 heavy (non-hydrogen) atoms. The summed E-state index contributed by atoms with van der Waals surface area (Å²) >= 11 is 0. The van der Waals surface area contributed by atoms with E-state index in [2.05, 4.69) is 5.32 Å². The van der Waals surface area contributed by atoms with E-state index in [1.807, 2.05) is 0 Å². The average Bonchev–Trinajstić information content (AvgIpc) is 2.49. The topological polar surface area (TPSA) is 127 Å². The van der Waals surface area contributed by atoms with E-state index in [-0.39, 0.29) is 18.3 Å². The van der Waals surface area contributed by atoms with Gasteiger partial charge in [-0.2, -0.15) is 8.42 Å². The number of hydrogen-bond donors (Lipinski definition) is 2. The van der Waals surface area contributed by atoms with Gasteiger partial charge >= 0.3 is 16.1 Å². The van der Waals surface area contributed by atoms with Crippen molar-refractivity contribution >= 4 is 27.9 Å². The number of carbonyl (C=O) groups is 3. The van der Waals surface area contributed by atoms with Crippen LogP contribution in [-0.2, 0) is 29.2 Å². The van der Waals surface area contributed by atoms with Gasteiger partial charge in [0.15, 0.2) is 0 Å². The van der Waals surface area contributed by atoms with Gasteiger partial charge in [-0.05, 0) is 50.4 Å². The highest BCUT2D eigenvalue weighted by Crippen LogP contribution is 2.65. The molecule has 10 heteroatoms. The molecule has 4 saturated carbocycles. The van der Waals surface area contributed by atoms with Crippen molar-refractivity contribution in [3.8, 4) is 0 Å². The van der Waals surface area contributed by atoms with Crippen molar-refractivity contribution in [2.75, 3.05) is 6.61 Å². The first-order chi connectivity index (χ1) is 12.0. The lowest BCUT2D eigenvalue weighted by atomic mass is 9.44. The van der Waals surface area contributed by atoms with Crippen molar-refractivity contribution in [1.29, 1.82) is 0 Å². The molecule has 4 fully saturated rings. The molecule has 146 valence electrons. The molecule has 4 aliphatic rings. The number of rotatable bonds is 5. The third-order valence-corrected chi connectivity index (χ3v) is 6.72. The van der Waals surface area contributed by atoms with Gasteiger partial charge in [0, 0.05) is 6.92 Å². The number of ether oxygens (including phenoxy) is 1. The van der Waals surface area contributed by atoms with Gasteiger partial charge in [0.1, 0.15) is 6.61 Å². The van der Waals surface area contributed by atoms with Gasteiger partial charge in [-0.3, -0.25) is 24.3 Å². The van der Waals surface area contributed by atoms with Crippen LogP contribution < -0.4 is 5.32 Å². The quantitative estimate of drug-likeness (QED) is 0.528. The molecule has 0 aromatic carbocycles. The number of alkyl halides is 1. The monoisotopic (exact) mass is 391 g/mol. The van der Waals surface area contributed by atoms with E-state index in [0.29, 0.717) is 25.7 Å². The Morgan fingerprint density at radius 1 is 1.19 bits per heavy atom. The Labute approximate surface area is 150 Å². The number of amides is 2. The highest BCUT2D eigenvalue weighted by Gasteiger charge is 2.63. The molecule has 2 amide bonds. The second-order valence-electron chi connectivity index (χ2n) is 8.06. The van der Waals surface area contributed by atoms with Crippen LogP contribution in [0.3, 0.4) is 0 Å². The predicted molar refractivity (Wildman–Crippen MR) is 85.8 cm³/mol. The molecular weight excluding hydrogens is 369 g/mol. The zero-order valence-corrected chi connectivity index (χ0v) is 15.2. The Bertz CT molecular complexity index is 736. The van der Waals surface area contributed by atoms with Crippen molar-refractivity contribution in [2.45, 2.75) is 51.0 Å². The van der Waals surface area contributed by atoms with E-state index >= 15 is 0 Å². The predicted octanol–water partition coefficient (Wildman–Crippen LogP) is 0.962. The maximum atomic E-state index is 13.4. The molecule has 4 rings (SSSR count). The average molecular weight is 391 g/mol. The SMILES string of the molecule is CC(=O)NC(=O)C12CC3CC(C1)CC(C(=O)OCC(F)S(=O)(=O)O)(C3)C2. The first-order valence-electron chi connectivity index (χ1n) is 8.55. The van der Waals surface area contributed by atoms with Crippen LogP contribution in [0.2, 0.25) is 0 Å². The van der Waals surface area contributed by atoms with E-state index in [0.717, 1.165) is 6.42 Å². The number of halogens is 1. The van der Waals surface area contributed by atoms with Crippen molar-refractivity contribution in [3.63, 3.8) is 0 Å². The van der Waals surface area contributed by atoms with Crippen molar-refractivity contribution in [1.82, 2.24) is 5.32 Å². The van der Waals surface area contributed by atoms with Crippen LogP contribution in [0, 0.1) is 22.7 Å². The molecule has 0 aromatic heterocycles. The molecule has 4 bridgehead atoms. The molecule has 0 radical (unpaired) electrons. The van der Waals surface area contributed by atoms with Gasteiger partial charge in [0.25, 0.3) is 5.50 Å². The molecule has 2 N–H and O–H groups in total. The molecule has 0 spiro atoms. The zero-order chi connectivity index (χ0) is 19.3. The number of nitrogens with one attached hydrogen (secondary N) is 1. The Morgan fingerprint density at radius 3 is 2.23 bits per heavy atom. The van der Waals surface area contributed by atoms with Crippen LogP contribution in [0.25, 0.3) is 0 Å². The summed E-state index contributed by atoms with van der Waals surface area (Å²) < 4.78 is 48.4. The Hall–Kier alpha value is -1.55. The summed E-state index contributed by atoms with van der Waals surface area (Å²) in [7, 11) is -4.94. The highest BCUT2D eigenvalue weighted by atomic mass is 32.2. The van der Waals surface area contributed by atoms with Crippen LogP contribution in [0.5, 0.6) is 0 Å². The summed E-state index contributed by atoms with van der Waals surface area (Å²) in [6.07, 6.45) is 3.28. The Morgan fingerprint density at radius 2 is 1.73 bits per heavy atom. The van der Waals surface area contributed by atoms with Crippen LogP contribution in [0.1, 0.15) is 45.4 Å². The first-order valence-corrected chi connectivity index (χ1v) is 10.1. The molecule has 4 aliphatic carbocycles. The van der Waals surface area contributed by atoms with E-state index in [1.54, 1.807) is 0 Å². The van der Waals surface area contributed by atoms with Crippen LogP contribution in [-0.4, -0.2) is 42.9 Å². The van der Waals surface area contributed by atoms with Crippen LogP contribution >= 0.6 is 0 Å². The van der Waals surface area contributed by atoms with Crippen LogP contribution in [0.15, 0.2) is 0 Å². The summed E-state index contributed by atoms with van der Waals surface area (Å²) in [5, 5.41) is 2.32. The minimum absolute atomic E-state index is 0.129. The van der Waals surface area contributed by atoms with Gasteiger partial charge in [-0.1, -0.05) is 0 Å². The Kier molecular flexibility index (Phi) is 4.63. The van der Waals surface area contributed by atoms with Gasteiger partial charge in [0.05, 0.1) is 10.8 Å². The molecule has 0 aromatic rings. The maximum Gasteiger partial charge on any atom is 0.312 e. The summed E-state index contributed by atoms with van der Waals surface area (Å²) in [4.78, 5) is 36.6. The molecule has 0 aliphatic heterocycles.